The van der Waals surface area contributed by atoms with E-state index >= 15 is 0 Å². The molecule has 0 aromatic heterocycles. The monoisotopic (exact) mass is 158 g/mol. The molecular formula is C9H18O2. The largest absolute Gasteiger partial charge is 0.499 e. The van der Waals surface area contributed by atoms with E-state index in [0.29, 0.717) is 6.61 Å². The summed E-state index contributed by atoms with van der Waals surface area (Å²) < 4.78 is 4.93. The number of aliphatic hydroxyl groups excluding tert-OH is 1. The molecule has 0 saturated heterocycles. The van der Waals surface area contributed by atoms with Crippen molar-refractivity contribution in [2.45, 2.75) is 32.6 Å². The van der Waals surface area contributed by atoms with Gasteiger partial charge in [-0.05, 0) is 18.9 Å². The predicted molar refractivity (Wildman–Crippen MR) is 46.3 cm³/mol. The highest BCUT2D eigenvalue weighted by molar-refractivity contribution is 4.72. The van der Waals surface area contributed by atoms with Gasteiger partial charge < -0.3 is 9.84 Å². The molecule has 0 unspecified atom stereocenters. The fourth-order valence-electron chi connectivity index (χ4n) is 0.769. The third-order valence-electron chi connectivity index (χ3n) is 1.38. The van der Waals surface area contributed by atoms with Crippen LogP contribution >= 0.6 is 0 Å². The van der Waals surface area contributed by atoms with Gasteiger partial charge in [0.2, 0.25) is 0 Å². The molecule has 0 amide bonds. The molecule has 0 rings (SSSR count). The number of aliphatic hydroxyl groups is 1. The number of rotatable bonds is 7. The Labute approximate surface area is 68.9 Å². The summed E-state index contributed by atoms with van der Waals surface area (Å²) >= 11 is 0. The third-order valence-corrected chi connectivity index (χ3v) is 1.38. The van der Waals surface area contributed by atoms with Crippen molar-refractivity contribution in [3.05, 3.63) is 12.3 Å². The normalized spacial score (nSPS) is 10.7. The van der Waals surface area contributed by atoms with E-state index in [1.807, 2.05) is 6.08 Å². The second kappa shape index (κ2) is 9.50. The zero-order valence-corrected chi connectivity index (χ0v) is 7.25. The van der Waals surface area contributed by atoms with Gasteiger partial charge in [0, 0.05) is 0 Å². The van der Waals surface area contributed by atoms with E-state index in [4.69, 9.17) is 9.84 Å². The highest BCUT2D eigenvalue weighted by Gasteiger charge is 1.81. The van der Waals surface area contributed by atoms with Crippen molar-refractivity contribution >= 4 is 0 Å². The van der Waals surface area contributed by atoms with Crippen LogP contribution in [-0.2, 0) is 4.74 Å². The van der Waals surface area contributed by atoms with Crippen LogP contribution in [0.5, 0.6) is 0 Å². The van der Waals surface area contributed by atoms with Gasteiger partial charge in [-0.15, -0.1) is 0 Å². The maximum atomic E-state index is 8.35. The highest BCUT2D eigenvalue weighted by Crippen LogP contribution is 1.99. The SMILES string of the molecule is CCCCC/C=C/OCCO. The number of allylic oxidation sites excluding steroid dienone is 1. The van der Waals surface area contributed by atoms with Crippen molar-refractivity contribution in [2.24, 2.45) is 0 Å². The lowest BCUT2D eigenvalue weighted by molar-refractivity contribution is 0.165. The Morgan fingerprint density at radius 2 is 2.18 bits per heavy atom. The first-order chi connectivity index (χ1) is 5.41. The van der Waals surface area contributed by atoms with E-state index in [2.05, 4.69) is 6.92 Å². The van der Waals surface area contributed by atoms with Crippen molar-refractivity contribution in [1.29, 1.82) is 0 Å². The minimum absolute atomic E-state index is 0.0965. The van der Waals surface area contributed by atoms with Crippen molar-refractivity contribution in [1.82, 2.24) is 0 Å². The number of ether oxygens (including phenoxy) is 1. The molecule has 0 aromatic carbocycles. The van der Waals surface area contributed by atoms with Crippen LogP contribution in [0.4, 0.5) is 0 Å². The first kappa shape index (κ1) is 10.5. The summed E-state index contributed by atoms with van der Waals surface area (Å²) in [6, 6.07) is 0. The summed E-state index contributed by atoms with van der Waals surface area (Å²) in [6.07, 6.45) is 8.53. The third kappa shape index (κ3) is 9.50. The predicted octanol–water partition coefficient (Wildman–Crippen LogP) is 2.09. The molecule has 0 aliphatic carbocycles. The molecule has 66 valence electrons. The first-order valence-corrected chi connectivity index (χ1v) is 4.29. The average molecular weight is 158 g/mol. The van der Waals surface area contributed by atoms with Crippen molar-refractivity contribution < 1.29 is 9.84 Å². The van der Waals surface area contributed by atoms with Crippen LogP contribution in [0.15, 0.2) is 12.3 Å². The molecule has 0 spiro atoms. The maximum Gasteiger partial charge on any atom is 0.110 e. The van der Waals surface area contributed by atoms with E-state index in [0.717, 1.165) is 6.42 Å². The van der Waals surface area contributed by atoms with Crippen LogP contribution in [0.1, 0.15) is 32.6 Å². The Kier molecular flexibility index (Phi) is 9.07. The lowest BCUT2D eigenvalue weighted by atomic mass is 10.2. The van der Waals surface area contributed by atoms with E-state index in [-0.39, 0.29) is 6.61 Å². The number of unbranched alkanes of at least 4 members (excludes halogenated alkanes) is 3. The van der Waals surface area contributed by atoms with Gasteiger partial charge >= 0.3 is 0 Å². The molecule has 0 radical (unpaired) electrons. The molecule has 0 bridgehead atoms. The van der Waals surface area contributed by atoms with E-state index in [9.17, 15) is 0 Å². The molecule has 0 aliphatic rings. The molecule has 0 atom stereocenters. The van der Waals surface area contributed by atoms with Gasteiger partial charge in [0.05, 0.1) is 12.9 Å². The second-order valence-corrected chi connectivity index (χ2v) is 2.46. The zero-order chi connectivity index (χ0) is 8.36. The molecule has 2 heteroatoms. The Morgan fingerprint density at radius 1 is 1.36 bits per heavy atom. The first-order valence-electron chi connectivity index (χ1n) is 4.29. The summed E-state index contributed by atoms with van der Waals surface area (Å²) in [5.41, 5.74) is 0. The van der Waals surface area contributed by atoms with E-state index < -0.39 is 0 Å². The van der Waals surface area contributed by atoms with Crippen LogP contribution < -0.4 is 0 Å². The van der Waals surface area contributed by atoms with Gasteiger partial charge in [-0.1, -0.05) is 19.8 Å². The van der Waals surface area contributed by atoms with Gasteiger partial charge in [-0.25, -0.2) is 0 Å². The zero-order valence-electron chi connectivity index (χ0n) is 7.25. The van der Waals surface area contributed by atoms with Crippen LogP contribution in [0.25, 0.3) is 0 Å². The molecule has 0 saturated carbocycles. The Bertz CT molecular complexity index is 89.6. The summed E-state index contributed by atoms with van der Waals surface area (Å²) in [6.45, 7) is 2.69. The van der Waals surface area contributed by atoms with Gasteiger partial charge in [-0.2, -0.15) is 0 Å². The second-order valence-electron chi connectivity index (χ2n) is 2.46. The van der Waals surface area contributed by atoms with Crippen LogP contribution in [-0.4, -0.2) is 18.3 Å². The Hall–Kier alpha value is -0.500. The smallest absolute Gasteiger partial charge is 0.110 e. The maximum absolute atomic E-state index is 8.35. The fraction of sp³-hybridized carbons (Fsp3) is 0.778. The number of hydrogen-bond acceptors (Lipinski definition) is 2. The highest BCUT2D eigenvalue weighted by atomic mass is 16.5. The van der Waals surface area contributed by atoms with Gasteiger partial charge in [0.25, 0.3) is 0 Å². The van der Waals surface area contributed by atoms with Crippen LogP contribution in [0.3, 0.4) is 0 Å². The molecule has 0 fully saturated rings. The lowest BCUT2D eigenvalue weighted by Crippen LogP contribution is -1.91. The lowest BCUT2D eigenvalue weighted by Gasteiger charge is -1.95. The molecule has 0 heterocycles. The summed E-state index contributed by atoms with van der Waals surface area (Å²) in [4.78, 5) is 0. The van der Waals surface area contributed by atoms with Gasteiger partial charge in [-0.3, -0.25) is 0 Å². The van der Waals surface area contributed by atoms with Crippen molar-refractivity contribution in [2.75, 3.05) is 13.2 Å². The average Bonchev–Trinajstić information content (AvgIpc) is 2.03. The minimum atomic E-state index is 0.0965. The molecular weight excluding hydrogens is 140 g/mol. The molecule has 1 N–H and O–H groups in total. The summed E-state index contributed by atoms with van der Waals surface area (Å²) in [7, 11) is 0. The Morgan fingerprint density at radius 3 is 2.82 bits per heavy atom. The van der Waals surface area contributed by atoms with Crippen molar-refractivity contribution in [3.63, 3.8) is 0 Å². The summed E-state index contributed by atoms with van der Waals surface area (Å²) in [5.74, 6) is 0. The van der Waals surface area contributed by atoms with Crippen molar-refractivity contribution in [3.8, 4) is 0 Å². The summed E-state index contributed by atoms with van der Waals surface area (Å²) in [5, 5.41) is 8.35. The van der Waals surface area contributed by atoms with Crippen LogP contribution in [0, 0.1) is 0 Å². The Balaban J connectivity index is 2.91. The van der Waals surface area contributed by atoms with Gasteiger partial charge in [0.15, 0.2) is 0 Å². The molecule has 11 heavy (non-hydrogen) atoms. The number of hydrogen-bond donors (Lipinski definition) is 1. The molecule has 0 aliphatic heterocycles. The fourth-order valence-corrected chi connectivity index (χ4v) is 0.769. The topological polar surface area (TPSA) is 29.5 Å². The van der Waals surface area contributed by atoms with Crippen LogP contribution in [0.2, 0.25) is 0 Å². The van der Waals surface area contributed by atoms with E-state index in [1.54, 1.807) is 6.26 Å². The standard InChI is InChI=1S/C9H18O2/c1-2-3-4-5-6-8-11-9-7-10/h6,8,10H,2-5,7,9H2,1H3/b8-6+. The van der Waals surface area contributed by atoms with E-state index in [1.165, 1.54) is 19.3 Å². The quantitative estimate of drug-likeness (QED) is 0.454. The molecule has 2 nitrogen and oxygen atoms in total. The minimum Gasteiger partial charge on any atom is -0.499 e. The van der Waals surface area contributed by atoms with Gasteiger partial charge in [0.1, 0.15) is 6.61 Å². The molecule has 0 aromatic rings.